The third-order valence-electron chi connectivity index (χ3n) is 5.15. The number of aromatic nitrogens is 5. The average Bonchev–Trinajstić information content (AvgIpc) is 3.34. The Morgan fingerprint density at radius 1 is 1.17 bits per heavy atom. The molecule has 30 heavy (non-hydrogen) atoms. The van der Waals surface area contributed by atoms with E-state index < -0.39 is 0 Å². The number of H-pyrrole nitrogens is 1. The van der Waals surface area contributed by atoms with Crippen LogP contribution in [-0.2, 0) is 6.54 Å². The number of hydrogen-bond donors (Lipinski definition) is 1. The number of imidazole rings is 1. The Balaban J connectivity index is 1.66. The monoisotopic (exact) mass is 403 g/mol. The number of nitrogens with zero attached hydrogens (tertiary/aromatic N) is 4. The van der Waals surface area contributed by atoms with Crippen LogP contribution >= 0.6 is 0 Å². The highest BCUT2D eigenvalue weighted by molar-refractivity contribution is 6.07. The van der Waals surface area contributed by atoms with Gasteiger partial charge in [-0.25, -0.2) is 14.1 Å². The maximum atomic E-state index is 13.1. The van der Waals surface area contributed by atoms with Gasteiger partial charge in [-0.3, -0.25) is 4.79 Å². The summed E-state index contributed by atoms with van der Waals surface area (Å²) >= 11 is 0. The van der Waals surface area contributed by atoms with Crippen LogP contribution in [-0.4, -0.2) is 31.4 Å². The van der Waals surface area contributed by atoms with Crippen LogP contribution in [0.5, 0.6) is 5.75 Å². The predicted octanol–water partition coefficient (Wildman–Crippen LogP) is 3.57. The Morgan fingerprint density at radius 3 is 2.67 bits per heavy atom. The van der Waals surface area contributed by atoms with Crippen LogP contribution in [0.3, 0.4) is 0 Å². The van der Waals surface area contributed by atoms with Gasteiger partial charge in [-0.05, 0) is 30.7 Å². The lowest BCUT2D eigenvalue weighted by Gasteiger charge is -2.09. The number of halogens is 1. The van der Waals surface area contributed by atoms with Crippen LogP contribution in [0, 0.1) is 12.7 Å². The van der Waals surface area contributed by atoms with Crippen molar-refractivity contribution in [2.75, 3.05) is 7.11 Å². The number of fused-ring (bicyclic) bond motifs is 3. The number of aromatic amines is 1. The number of hydrogen-bond acceptors (Lipinski definition) is 4. The van der Waals surface area contributed by atoms with E-state index in [1.807, 2.05) is 29.8 Å². The van der Waals surface area contributed by atoms with E-state index in [-0.39, 0.29) is 17.9 Å². The fraction of sp³-hybridized carbons (Fsp3) is 0.136. The second-order valence-corrected chi connectivity index (χ2v) is 7.14. The second kappa shape index (κ2) is 6.84. The molecule has 7 nitrogen and oxygen atoms in total. The maximum Gasteiger partial charge on any atom is 0.291 e. The summed E-state index contributed by atoms with van der Waals surface area (Å²) in [5, 5.41) is 5.93. The fourth-order valence-corrected chi connectivity index (χ4v) is 3.64. The van der Waals surface area contributed by atoms with Gasteiger partial charge in [-0.1, -0.05) is 12.1 Å². The van der Waals surface area contributed by atoms with Crippen LogP contribution < -0.4 is 10.3 Å². The lowest BCUT2D eigenvalue weighted by Crippen LogP contribution is -2.23. The highest BCUT2D eigenvalue weighted by atomic mass is 19.1. The molecule has 0 saturated carbocycles. The van der Waals surface area contributed by atoms with Gasteiger partial charge in [-0.15, -0.1) is 0 Å². The van der Waals surface area contributed by atoms with Crippen molar-refractivity contribution in [2.24, 2.45) is 0 Å². The van der Waals surface area contributed by atoms with Gasteiger partial charge in [0.25, 0.3) is 5.56 Å². The number of rotatable bonds is 4. The minimum absolute atomic E-state index is 0.244. The Morgan fingerprint density at radius 2 is 1.97 bits per heavy atom. The first-order valence-electron chi connectivity index (χ1n) is 9.38. The van der Waals surface area contributed by atoms with Crippen molar-refractivity contribution in [1.82, 2.24) is 24.3 Å². The first-order valence-corrected chi connectivity index (χ1v) is 9.38. The van der Waals surface area contributed by atoms with Crippen molar-refractivity contribution < 1.29 is 9.13 Å². The van der Waals surface area contributed by atoms with E-state index >= 15 is 0 Å². The topological polar surface area (TPSA) is 77.7 Å². The third-order valence-corrected chi connectivity index (χ3v) is 5.15. The van der Waals surface area contributed by atoms with E-state index in [0.29, 0.717) is 11.3 Å². The molecule has 8 heteroatoms. The van der Waals surface area contributed by atoms with Crippen molar-refractivity contribution in [2.45, 2.75) is 13.5 Å². The van der Waals surface area contributed by atoms with Crippen LogP contribution in [0.25, 0.3) is 27.5 Å². The Labute approximate surface area is 170 Å². The standard InChI is InChI=1S/C22H18FN5O2/c1-13-10-27(12-24-13)19-7-16-17-9-25-28(11-14-3-5-15(23)6-4-14)22(29)21(17)26-18(16)8-20(19)30-2/h3-10,12,26H,11H2,1-2H3. The third kappa shape index (κ3) is 2.93. The summed E-state index contributed by atoms with van der Waals surface area (Å²) in [7, 11) is 1.61. The van der Waals surface area contributed by atoms with Crippen LogP contribution in [0.4, 0.5) is 4.39 Å². The molecule has 0 radical (unpaired) electrons. The zero-order valence-electron chi connectivity index (χ0n) is 16.4. The molecule has 0 spiro atoms. The van der Waals surface area contributed by atoms with Crippen molar-refractivity contribution in [3.8, 4) is 11.4 Å². The Kier molecular flexibility index (Phi) is 4.13. The summed E-state index contributed by atoms with van der Waals surface area (Å²) in [4.78, 5) is 20.5. The highest BCUT2D eigenvalue weighted by Crippen LogP contribution is 2.32. The molecule has 0 aliphatic carbocycles. The van der Waals surface area contributed by atoms with Crippen molar-refractivity contribution in [3.05, 3.63) is 82.5 Å². The highest BCUT2D eigenvalue weighted by Gasteiger charge is 2.15. The Bertz CT molecular complexity index is 1450. The molecule has 3 heterocycles. The van der Waals surface area contributed by atoms with Crippen LogP contribution in [0.15, 0.2) is 59.9 Å². The van der Waals surface area contributed by atoms with Gasteiger partial charge in [0, 0.05) is 23.0 Å². The van der Waals surface area contributed by atoms with E-state index in [0.717, 1.165) is 33.2 Å². The van der Waals surface area contributed by atoms with Crippen molar-refractivity contribution in [1.29, 1.82) is 0 Å². The minimum Gasteiger partial charge on any atom is -0.494 e. The van der Waals surface area contributed by atoms with E-state index in [1.165, 1.54) is 16.8 Å². The predicted molar refractivity (Wildman–Crippen MR) is 112 cm³/mol. The molecule has 3 aromatic heterocycles. The Hall–Kier alpha value is -3.94. The fourth-order valence-electron chi connectivity index (χ4n) is 3.64. The van der Waals surface area contributed by atoms with E-state index in [9.17, 15) is 9.18 Å². The van der Waals surface area contributed by atoms with E-state index in [2.05, 4.69) is 15.1 Å². The maximum absolute atomic E-state index is 13.1. The molecule has 0 amide bonds. The molecular formula is C22H18FN5O2. The molecule has 5 aromatic rings. The van der Waals surface area contributed by atoms with Gasteiger partial charge in [0.15, 0.2) is 0 Å². The van der Waals surface area contributed by atoms with Crippen LogP contribution in [0.1, 0.15) is 11.3 Å². The largest absolute Gasteiger partial charge is 0.494 e. The summed E-state index contributed by atoms with van der Waals surface area (Å²) in [5.74, 6) is 0.342. The number of benzene rings is 2. The quantitative estimate of drug-likeness (QED) is 0.498. The summed E-state index contributed by atoms with van der Waals surface area (Å²) in [6.45, 7) is 2.17. The van der Waals surface area contributed by atoms with Crippen molar-refractivity contribution in [3.63, 3.8) is 0 Å². The lowest BCUT2D eigenvalue weighted by molar-refractivity contribution is 0.413. The zero-order chi connectivity index (χ0) is 20.8. The number of ether oxygens (including phenoxy) is 1. The summed E-state index contributed by atoms with van der Waals surface area (Å²) < 4.78 is 22.0. The molecule has 1 N–H and O–H groups in total. The van der Waals surface area contributed by atoms with Crippen LogP contribution in [0.2, 0.25) is 0 Å². The van der Waals surface area contributed by atoms with E-state index in [4.69, 9.17) is 4.74 Å². The normalized spacial score (nSPS) is 11.4. The molecule has 0 fully saturated rings. The van der Waals surface area contributed by atoms with Crippen molar-refractivity contribution >= 4 is 21.8 Å². The molecule has 0 unspecified atom stereocenters. The van der Waals surface area contributed by atoms with Gasteiger partial charge in [0.1, 0.15) is 17.1 Å². The molecule has 0 aliphatic rings. The average molecular weight is 403 g/mol. The van der Waals surface area contributed by atoms with Gasteiger partial charge in [0.2, 0.25) is 0 Å². The van der Waals surface area contributed by atoms with Gasteiger partial charge >= 0.3 is 0 Å². The molecule has 0 saturated heterocycles. The minimum atomic E-state index is -0.317. The smallest absolute Gasteiger partial charge is 0.291 e. The summed E-state index contributed by atoms with van der Waals surface area (Å²) in [6, 6.07) is 9.84. The molecule has 0 bridgehead atoms. The number of methoxy groups -OCH3 is 1. The first kappa shape index (κ1) is 18.1. The zero-order valence-corrected chi connectivity index (χ0v) is 16.4. The first-order chi connectivity index (χ1) is 14.5. The SMILES string of the molecule is COc1cc2[nH]c3c(=O)n(Cc4ccc(F)cc4)ncc3c2cc1-n1cnc(C)c1. The molecule has 150 valence electrons. The van der Waals surface area contributed by atoms with Gasteiger partial charge < -0.3 is 14.3 Å². The molecule has 5 rings (SSSR count). The summed E-state index contributed by atoms with van der Waals surface area (Å²) in [5.41, 5.74) is 3.50. The molecule has 0 atom stereocenters. The molecule has 2 aromatic carbocycles. The molecular weight excluding hydrogens is 385 g/mol. The van der Waals surface area contributed by atoms with Gasteiger partial charge in [-0.2, -0.15) is 5.10 Å². The second-order valence-electron chi connectivity index (χ2n) is 7.14. The number of aryl methyl sites for hydroxylation is 1. The number of nitrogens with one attached hydrogen (secondary N) is 1. The van der Waals surface area contributed by atoms with Gasteiger partial charge in [0.05, 0.1) is 43.1 Å². The van der Waals surface area contributed by atoms with E-state index in [1.54, 1.807) is 31.8 Å². The molecule has 0 aliphatic heterocycles. The summed E-state index contributed by atoms with van der Waals surface area (Å²) in [6.07, 6.45) is 5.31. The lowest BCUT2D eigenvalue weighted by atomic mass is 10.1.